The van der Waals surface area contributed by atoms with Gasteiger partial charge in [-0.05, 0) is 305 Å². The highest BCUT2D eigenvalue weighted by Crippen LogP contribution is 2.41. The van der Waals surface area contributed by atoms with Gasteiger partial charge in [-0.15, -0.1) is 0 Å². The molecule has 8 heterocycles. The lowest BCUT2D eigenvalue weighted by atomic mass is 9.85. The van der Waals surface area contributed by atoms with Gasteiger partial charge in [0.1, 0.15) is 5.75 Å². The lowest BCUT2D eigenvalue weighted by molar-refractivity contribution is -0.135. The molecule has 10 aliphatic rings. The quantitative estimate of drug-likeness (QED) is 0.0432. The Morgan fingerprint density at radius 3 is 1.21 bits per heavy atom. The molecule has 8 aliphatic heterocycles. The number of rotatable bonds is 12. The van der Waals surface area contributed by atoms with E-state index >= 15 is 0 Å². The lowest BCUT2D eigenvalue weighted by Gasteiger charge is -2.28. The molecular weight excluding hydrogens is 1660 g/mol. The first kappa shape index (κ1) is 105. The number of nitrogens with zero attached hydrogens (tertiary/aromatic N) is 1. The zero-order valence-electron chi connectivity index (χ0n) is 87.0. The first-order valence-electron chi connectivity index (χ1n) is 51.3. The summed E-state index contributed by atoms with van der Waals surface area (Å²) in [5.74, 6) is 6.22. The molecule has 10 aromatic carbocycles. The van der Waals surface area contributed by atoms with Crippen molar-refractivity contribution in [1.29, 1.82) is 0 Å². The molecule has 0 saturated carbocycles. The van der Waals surface area contributed by atoms with Crippen LogP contribution in [0.5, 0.6) is 5.75 Å². The van der Waals surface area contributed by atoms with Crippen molar-refractivity contribution in [1.82, 2.24) is 26.2 Å². The van der Waals surface area contributed by atoms with Crippen LogP contribution in [0.3, 0.4) is 0 Å². The Hall–Kier alpha value is -10.2. The van der Waals surface area contributed by atoms with Gasteiger partial charge in [-0.2, -0.15) is 0 Å². The van der Waals surface area contributed by atoms with Gasteiger partial charge in [-0.3, -0.25) is 19.7 Å². The van der Waals surface area contributed by atoms with E-state index < -0.39 is 5.91 Å². The third kappa shape index (κ3) is 29.9. The van der Waals surface area contributed by atoms with Crippen LogP contribution >= 0.6 is 0 Å². The van der Waals surface area contributed by atoms with Gasteiger partial charge in [0.05, 0.1) is 26.1 Å². The molecule has 2 amide bonds. The fraction of sp³-hybridized carbons (Fsp3) is 0.484. The minimum atomic E-state index is -0.467. The monoisotopic (exact) mass is 1820 g/mol. The Labute approximate surface area is 814 Å². The molecule has 724 valence electrons. The van der Waals surface area contributed by atoms with E-state index in [4.69, 9.17) is 10.5 Å². The molecule has 0 bridgehead atoms. The summed E-state index contributed by atoms with van der Waals surface area (Å²) in [5.41, 5.74) is 47.0. The molecule has 135 heavy (non-hydrogen) atoms. The molecule has 0 spiro atoms. The highest BCUT2D eigenvalue weighted by Gasteiger charge is 2.32. The Kier molecular flexibility index (Phi) is 38.4. The predicted molar refractivity (Wildman–Crippen MR) is 572 cm³/mol. The molecule has 13 nitrogen and oxygen atoms in total. The molecule has 0 aromatic heterocycles. The maximum absolute atomic E-state index is 11.9. The van der Waals surface area contributed by atoms with Crippen molar-refractivity contribution in [3.05, 3.63) is 327 Å². The van der Waals surface area contributed by atoms with Crippen LogP contribution in [-0.4, -0.2) is 68.6 Å². The van der Waals surface area contributed by atoms with E-state index in [1.165, 1.54) is 174 Å². The third-order valence-corrected chi connectivity index (χ3v) is 28.5. The Bertz CT molecular complexity index is 5290. The number of nitrogens with one attached hydrogen (secondary N) is 7. The molecule has 0 atom stereocenters. The van der Waals surface area contributed by atoms with E-state index in [-0.39, 0.29) is 18.4 Å². The van der Waals surface area contributed by atoms with Crippen LogP contribution in [0.4, 0.5) is 17.1 Å². The van der Waals surface area contributed by atoms with Crippen molar-refractivity contribution in [3.8, 4) is 5.75 Å². The van der Waals surface area contributed by atoms with Gasteiger partial charge in [0.25, 0.3) is 0 Å². The number of carbonyl (C=O) groups is 3. The normalized spacial score (nSPS) is 15.9. The molecule has 2 aliphatic carbocycles. The topological polar surface area (TPSA) is 174 Å². The Morgan fingerprint density at radius 1 is 0.326 bits per heavy atom. The summed E-state index contributed by atoms with van der Waals surface area (Å²) in [7, 11) is 0. The number of esters is 1. The molecule has 10 aromatic rings. The second-order valence-electron chi connectivity index (χ2n) is 43.4. The Morgan fingerprint density at radius 2 is 0.696 bits per heavy atom. The third-order valence-electron chi connectivity index (χ3n) is 28.5. The van der Waals surface area contributed by atoms with Gasteiger partial charge in [-0.25, -0.2) is 0 Å². The number of hydrogen-bond acceptors (Lipinski definition) is 11. The molecular formula is C122H167N9O4. The fourth-order valence-electron chi connectivity index (χ4n) is 19.1. The number of fused-ring (bicyclic) bond motifs is 10. The minimum absolute atomic E-state index is 0.00417. The van der Waals surface area contributed by atoms with E-state index in [9.17, 15) is 14.4 Å². The highest BCUT2D eigenvalue weighted by atomic mass is 16.5. The first-order chi connectivity index (χ1) is 64.3. The van der Waals surface area contributed by atoms with Crippen LogP contribution in [0.25, 0.3) is 0 Å². The van der Waals surface area contributed by atoms with Gasteiger partial charge < -0.3 is 47.3 Å². The van der Waals surface area contributed by atoms with E-state index in [0.717, 1.165) is 88.0 Å². The zero-order valence-corrected chi connectivity index (χ0v) is 87.0. The fourth-order valence-corrected chi connectivity index (χ4v) is 19.1. The van der Waals surface area contributed by atoms with Crippen molar-refractivity contribution in [2.45, 2.75) is 340 Å². The van der Waals surface area contributed by atoms with E-state index in [1.54, 1.807) is 33.4 Å². The summed E-state index contributed by atoms with van der Waals surface area (Å²) in [5, 5.41) is 23.6. The number of carbonyl (C=O) groups excluding carboxylic acids is 3. The lowest BCUT2D eigenvalue weighted by Crippen LogP contribution is -2.41. The van der Waals surface area contributed by atoms with Crippen LogP contribution in [-0.2, 0) is 116 Å². The zero-order chi connectivity index (χ0) is 97.5. The number of hydrogen-bond donors (Lipinski definition) is 8. The van der Waals surface area contributed by atoms with Crippen LogP contribution in [0.1, 0.15) is 383 Å². The summed E-state index contributed by atoms with van der Waals surface area (Å²) >= 11 is 0. The Balaban J connectivity index is 0.000000144. The van der Waals surface area contributed by atoms with Gasteiger partial charge >= 0.3 is 5.97 Å². The van der Waals surface area contributed by atoms with Gasteiger partial charge in [0.2, 0.25) is 11.8 Å². The van der Waals surface area contributed by atoms with Gasteiger partial charge in [0.15, 0.2) is 0 Å². The molecule has 0 saturated heterocycles. The largest absolute Gasteiger partial charge is 0.426 e. The maximum atomic E-state index is 11.9. The van der Waals surface area contributed by atoms with Crippen molar-refractivity contribution < 1.29 is 19.1 Å². The minimum Gasteiger partial charge on any atom is -0.426 e. The molecule has 0 radical (unpaired) electrons. The van der Waals surface area contributed by atoms with E-state index in [2.05, 4.69) is 367 Å². The SMILES string of the molecule is CC(C)c1ccc2c(c1)C(C)(C)CN2.CC(C)c1ccc2c(c1)CC(=O)N(CC(N)=O)C2.CC(C)c1ccc2c(c1)CC(=O)O2.CC(C)c1ccc2c(c1)CCC2.CC(C)c1ccc2c(c1)CCC2(C)C.CC(C)c1ccc2c(c1)CCN2.CC(C)c1ccc2c(c1)CCNC2.CC(C)c1ccc2c(c1)CCNC2.CC(C)c1ccc2c(c1)CNCC2.CC(C)c1ccc2c(c1)CNCN2. The number of anilines is 3. The van der Waals surface area contributed by atoms with Crippen LogP contribution in [0, 0.1) is 0 Å². The van der Waals surface area contributed by atoms with Gasteiger partial charge in [-0.1, -0.05) is 324 Å². The molecule has 0 fully saturated rings. The number of amides is 2. The van der Waals surface area contributed by atoms with Crippen molar-refractivity contribution in [2.75, 3.05) is 61.9 Å². The summed E-state index contributed by atoms with van der Waals surface area (Å²) in [6.07, 6.45) is 12.1. The summed E-state index contributed by atoms with van der Waals surface area (Å²) < 4.78 is 5.00. The molecule has 0 unspecified atom stereocenters. The van der Waals surface area contributed by atoms with E-state index in [0.29, 0.717) is 89.4 Å². The number of ether oxygens (including phenoxy) is 1. The number of nitrogens with two attached hydrogens (primary N) is 1. The maximum Gasteiger partial charge on any atom is 0.315 e. The van der Waals surface area contributed by atoms with Gasteiger partial charge in [0, 0.05) is 73.9 Å². The van der Waals surface area contributed by atoms with Crippen LogP contribution in [0.2, 0.25) is 0 Å². The van der Waals surface area contributed by atoms with E-state index in [1.807, 2.05) is 18.2 Å². The molecule has 9 N–H and O–H groups in total. The van der Waals surface area contributed by atoms with Crippen molar-refractivity contribution in [2.24, 2.45) is 5.73 Å². The smallest absolute Gasteiger partial charge is 0.315 e. The summed E-state index contributed by atoms with van der Waals surface area (Å²) in [6, 6.07) is 67.3. The van der Waals surface area contributed by atoms with Crippen LogP contribution < -0.4 is 47.7 Å². The highest BCUT2D eigenvalue weighted by molar-refractivity contribution is 5.86. The average molecular weight is 1820 g/mol. The first-order valence-corrected chi connectivity index (χ1v) is 51.3. The molecule has 20 rings (SSSR count). The van der Waals surface area contributed by atoms with Crippen LogP contribution in [0.15, 0.2) is 182 Å². The molecule has 13 heteroatoms. The predicted octanol–water partition coefficient (Wildman–Crippen LogP) is 26.7. The standard InChI is InChI=1S/C14H18N2O2.C14H20.C13H19N.3C12H17N.C12H16.C11H16N2.C11H15N.C11H12O2/c1-9(2)10-3-4-11-7-16(8-13(15)17)14(18)6-12(11)5-10;1-10(2)11-5-6-13-12(9-11)7-8-14(13,3)4;1-9(2)10-5-6-12-11(7-10)13(3,4)8-14-12;2*1-9(2)10-3-4-12-8-13-6-5-11(12)7-10;1-9(2)11-4-3-10-5-6-13-8-12(10)7-11;1-9(2)11-7-6-10-4-3-5-12(10)8-11;1-8(2)9-3-4-11-10(5-9)6-12-7-13-11;1-8(2)9-3-4-11-10(7-9)5-6-12-11;1-7(2)8-3-4-10-9(5-8)6-11(12)13-10/h3-5,9H,6-8H2,1-2H3,(H2,15,17);5-6,9-10H,7-8H2,1-4H3;5-7,9,14H,8H2,1-4H3;3*3-4,7,9,13H,5-6,8H2,1-2H3;6-9H,3-5H2,1-2H3;3-5,8,12-13H,6-7H2,1-2H3;3-4,7-8,12H,5-6H2,1-2H3;3-5,7H,6H2,1-2H3. The second kappa shape index (κ2) is 49.2. The summed E-state index contributed by atoms with van der Waals surface area (Å²) in [6.45, 7) is 64.9. The summed E-state index contributed by atoms with van der Waals surface area (Å²) in [4.78, 5) is 35.3. The van der Waals surface area contributed by atoms with Crippen molar-refractivity contribution >= 4 is 34.8 Å². The average Bonchev–Trinajstić information content (AvgIpc) is 1.49. The number of benzene rings is 10. The number of aryl methyl sites for hydroxylation is 3. The number of primary amides is 1. The second-order valence-corrected chi connectivity index (χ2v) is 43.4. The van der Waals surface area contributed by atoms with Crippen molar-refractivity contribution in [3.63, 3.8) is 0 Å².